The lowest BCUT2D eigenvalue weighted by molar-refractivity contribution is -0.139. The molecule has 0 aliphatic carbocycles. The van der Waals surface area contributed by atoms with Crippen molar-refractivity contribution in [3.63, 3.8) is 0 Å². The standard InChI is InChI=1S/C11H14N2O3/c1-7-4-8(2-3-12-7)16-9-5-10(11(14)15)13-6-9/h2-4,9-10,13H,5-6H2,1H3,(H,14,15). The molecule has 2 unspecified atom stereocenters. The summed E-state index contributed by atoms with van der Waals surface area (Å²) >= 11 is 0. The maximum atomic E-state index is 10.7. The Kier molecular flexibility index (Phi) is 3.05. The maximum absolute atomic E-state index is 10.7. The van der Waals surface area contributed by atoms with E-state index in [9.17, 15) is 4.79 Å². The fraction of sp³-hybridized carbons (Fsp3) is 0.455. The van der Waals surface area contributed by atoms with Crippen LogP contribution in [0.3, 0.4) is 0 Å². The van der Waals surface area contributed by atoms with Gasteiger partial charge in [-0.05, 0) is 13.0 Å². The first-order valence-electron chi connectivity index (χ1n) is 5.20. The highest BCUT2D eigenvalue weighted by Crippen LogP contribution is 2.17. The average molecular weight is 222 g/mol. The van der Waals surface area contributed by atoms with E-state index in [0.29, 0.717) is 13.0 Å². The van der Waals surface area contributed by atoms with E-state index < -0.39 is 12.0 Å². The summed E-state index contributed by atoms with van der Waals surface area (Å²) in [4.78, 5) is 14.8. The normalized spacial score (nSPS) is 24.3. The minimum atomic E-state index is -0.822. The quantitative estimate of drug-likeness (QED) is 0.783. The molecule has 2 heterocycles. The second-order valence-corrected chi connectivity index (χ2v) is 3.91. The summed E-state index contributed by atoms with van der Waals surface area (Å²) < 4.78 is 5.67. The number of hydrogen-bond acceptors (Lipinski definition) is 4. The van der Waals surface area contributed by atoms with Gasteiger partial charge in [0.15, 0.2) is 0 Å². The van der Waals surface area contributed by atoms with E-state index in [1.54, 1.807) is 12.3 Å². The third-order valence-corrected chi connectivity index (χ3v) is 2.56. The van der Waals surface area contributed by atoms with Crippen molar-refractivity contribution in [1.29, 1.82) is 0 Å². The van der Waals surface area contributed by atoms with E-state index in [0.717, 1.165) is 11.4 Å². The third kappa shape index (κ3) is 2.49. The number of pyridine rings is 1. The van der Waals surface area contributed by atoms with Gasteiger partial charge < -0.3 is 15.2 Å². The van der Waals surface area contributed by atoms with Crippen LogP contribution in [0.1, 0.15) is 12.1 Å². The molecule has 1 fully saturated rings. The van der Waals surface area contributed by atoms with Gasteiger partial charge in [-0.15, -0.1) is 0 Å². The molecule has 0 spiro atoms. The number of carboxylic acid groups (broad SMARTS) is 1. The smallest absolute Gasteiger partial charge is 0.320 e. The van der Waals surface area contributed by atoms with Gasteiger partial charge in [0.05, 0.1) is 0 Å². The van der Waals surface area contributed by atoms with Crippen LogP contribution >= 0.6 is 0 Å². The molecule has 2 atom stereocenters. The van der Waals surface area contributed by atoms with Crippen LogP contribution in [0.2, 0.25) is 0 Å². The van der Waals surface area contributed by atoms with Gasteiger partial charge in [-0.1, -0.05) is 0 Å². The topological polar surface area (TPSA) is 71.5 Å². The lowest BCUT2D eigenvalue weighted by Gasteiger charge is -2.12. The highest BCUT2D eigenvalue weighted by molar-refractivity contribution is 5.73. The van der Waals surface area contributed by atoms with Crippen molar-refractivity contribution >= 4 is 5.97 Å². The number of rotatable bonds is 3. The van der Waals surface area contributed by atoms with E-state index in [2.05, 4.69) is 10.3 Å². The zero-order valence-corrected chi connectivity index (χ0v) is 9.01. The zero-order chi connectivity index (χ0) is 11.5. The number of aryl methyl sites for hydroxylation is 1. The van der Waals surface area contributed by atoms with E-state index in [4.69, 9.17) is 9.84 Å². The first-order valence-corrected chi connectivity index (χ1v) is 5.20. The summed E-state index contributed by atoms with van der Waals surface area (Å²) in [5.41, 5.74) is 0.887. The Morgan fingerprint density at radius 1 is 1.69 bits per heavy atom. The summed E-state index contributed by atoms with van der Waals surface area (Å²) in [6.45, 7) is 2.46. The van der Waals surface area contributed by atoms with Crippen molar-refractivity contribution in [2.24, 2.45) is 0 Å². The van der Waals surface area contributed by atoms with Crippen molar-refractivity contribution < 1.29 is 14.6 Å². The largest absolute Gasteiger partial charge is 0.489 e. The van der Waals surface area contributed by atoms with E-state index in [1.165, 1.54) is 0 Å². The fourth-order valence-corrected chi connectivity index (χ4v) is 1.77. The van der Waals surface area contributed by atoms with Gasteiger partial charge in [-0.2, -0.15) is 0 Å². The molecule has 86 valence electrons. The Bertz CT molecular complexity index is 395. The Labute approximate surface area is 93.5 Å². The van der Waals surface area contributed by atoms with Crippen LogP contribution in [0.4, 0.5) is 0 Å². The molecule has 0 saturated carbocycles. The molecule has 0 amide bonds. The van der Waals surface area contributed by atoms with Gasteiger partial charge in [-0.25, -0.2) is 0 Å². The van der Waals surface area contributed by atoms with Gasteiger partial charge in [0, 0.05) is 30.9 Å². The zero-order valence-electron chi connectivity index (χ0n) is 9.01. The highest BCUT2D eigenvalue weighted by Gasteiger charge is 2.30. The molecule has 1 aliphatic heterocycles. The van der Waals surface area contributed by atoms with Crippen LogP contribution in [0.25, 0.3) is 0 Å². The first kappa shape index (κ1) is 10.9. The third-order valence-electron chi connectivity index (χ3n) is 2.56. The Balaban J connectivity index is 1.94. The molecule has 1 aromatic rings. The van der Waals surface area contributed by atoms with Crippen molar-refractivity contribution in [2.45, 2.75) is 25.5 Å². The highest BCUT2D eigenvalue weighted by atomic mass is 16.5. The van der Waals surface area contributed by atoms with Crippen molar-refractivity contribution in [3.05, 3.63) is 24.0 Å². The molecule has 0 aromatic carbocycles. The van der Waals surface area contributed by atoms with Gasteiger partial charge in [0.25, 0.3) is 0 Å². The van der Waals surface area contributed by atoms with Crippen molar-refractivity contribution in [2.75, 3.05) is 6.54 Å². The van der Waals surface area contributed by atoms with Crippen LogP contribution in [0.5, 0.6) is 5.75 Å². The monoisotopic (exact) mass is 222 g/mol. The molecule has 1 saturated heterocycles. The fourth-order valence-electron chi connectivity index (χ4n) is 1.77. The van der Waals surface area contributed by atoms with Crippen LogP contribution in [-0.4, -0.2) is 34.8 Å². The molecular formula is C11H14N2O3. The molecule has 0 bridgehead atoms. The van der Waals surface area contributed by atoms with Crippen LogP contribution in [0.15, 0.2) is 18.3 Å². The van der Waals surface area contributed by atoms with Gasteiger partial charge in [0.1, 0.15) is 17.9 Å². The molecule has 16 heavy (non-hydrogen) atoms. The molecule has 1 aromatic heterocycles. The summed E-state index contributed by atoms with van der Waals surface area (Å²) in [7, 11) is 0. The summed E-state index contributed by atoms with van der Waals surface area (Å²) in [5, 5.41) is 11.7. The number of hydrogen-bond donors (Lipinski definition) is 2. The number of carboxylic acids is 1. The molecule has 2 N–H and O–H groups in total. The number of aromatic nitrogens is 1. The Morgan fingerprint density at radius 2 is 2.50 bits per heavy atom. The predicted octanol–water partition coefficient (Wildman–Crippen LogP) is 0.584. The SMILES string of the molecule is Cc1cc(OC2CNC(C(=O)O)C2)ccn1. The average Bonchev–Trinajstić information content (AvgIpc) is 2.66. The minimum absolute atomic E-state index is 0.0806. The lowest BCUT2D eigenvalue weighted by Crippen LogP contribution is -2.30. The van der Waals surface area contributed by atoms with Crippen LogP contribution < -0.4 is 10.1 Å². The number of carbonyl (C=O) groups is 1. The molecule has 2 rings (SSSR count). The van der Waals surface area contributed by atoms with Gasteiger partial charge in [0.2, 0.25) is 0 Å². The number of ether oxygens (including phenoxy) is 1. The number of nitrogens with zero attached hydrogens (tertiary/aromatic N) is 1. The molecule has 5 nitrogen and oxygen atoms in total. The van der Waals surface area contributed by atoms with Crippen LogP contribution in [-0.2, 0) is 4.79 Å². The Morgan fingerprint density at radius 3 is 3.12 bits per heavy atom. The van der Waals surface area contributed by atoms with Gasteiger partial charge in [-0.3, -0.25) is 9.78 Å². The molecular weight excluding hydrogens is 208 g/mol. The Hall–Kier alpha value is -1.62. The van der Waals surface area contributed by atoms with Gasteiger partial charge >= 0.3 is 5.97 Å². The second-order valence-electron chi connectivity index (χ2n) is 3.91. The molecule has 5 heteroatoms. The molecule has 0 radical (unpaired) electrons. The number of aliphatic carboxylic acids is 1. The lowest BCUT2D eigenvalue weighted by atomic mass is 10.2. The molecule has 1 aliphatic rings. The minimum Gasteiger partial charge on any atom is -0.489 e. The van der Waals surface area contributed by atoms with Crippen molar-refractivity contribution in [1.82, 2.24) is 10.3 Å². The van der Waals surface area contributed by atoms with E-state index in [-0.39, 0.29) is 6.10 Å². The summed E-state index contributed by atoms with van der Waals surface area (Å²) in [5.74, 6) is -0.0812. The second kappa shape index (κ2) is 4.49. The van der Waals surface area contributed by atoms with Crippen molar-refractivity contribution in [3.8, 4) is 5.75 Å². The predicted molar refractivity (Wildman–Crippen MR) is 57.4 cm³/mol. The van der Waals surface area contributed by atoms with E-state index >= 15 is 0 Å². The van der Waals surface area contributed by atoms with E-state index in [1.807, 2.05) is 13.0 Å². The summed E-state index contributed by atoms with van der Waals surface area (Å²) in [6.07, 6.45) is 2.10. The first-order chi connectivity index (χ1) is 7.65. The number of nitrogens with one attached hydrogen (secondary N) is 1. The van der Waals surface area contributed by atoms with Crippen LogP contribution in [0, 0.1) is 6.92 Å². The maximum Gasteiger partial charge on any atom is 0.320 e. The summed E-state index contributed by atoms with van der Waals surface area (Å²) in [6, 6.07) is 3.13.